The second-order valence-corrected chi connectivity index (χ2v) is 5.89. The Morgan fingerprint density at radius 2 is 1.74 bits per heavy atom. The lowest BCUT2D eigenvalue weighted by atomic mass is 10.0. The molecule has 0 aliphatic carbocycles. The van der Waals surface area contributed by atoms with Crippen molar-refractivity contribution in [2.45, 2.75) is 11.8 Å². The Hall–Kier alpha value is -0.640. The van der Waals surface area contributed by atoms with Gasteiger partial charge in [-0.25, -0.2) is 8.78 Å². The van der Waals surface area contributed by atoms with Gasteiger partial charge in [0.05, 0.1) is 5.38 Å². The topological polar surface area (TPSA) is 0 Å². The minimum absolute atomic E-state index is 0.0291. The van der Waals surface area contributed by atoms with Crippen LogP contribution in [0.5, 0.6) is 0 Å². The van der Waals surface area contributed by atoms with Gasteiger partial charge in [-0.2, -0.15) is 0 Å². The summed E-state index contributed by atoms with van der Waals surface area (Å²) in [6.45, 7) is 0. The third kappa shape index (κ3) is 3.47. The van der Waals surface area contributed by atoms with Crippen LogP contribution in [0, 0.1) is 11.6 Å². The molecule has 0 fully saturated rings. The standard InChI is InChI=1S/C14H9BrCl2F2/c15-8-4-5-11(16)9(6-8)12(17)7-10-13(18)2-1-3-14(10)19/h1-6,12H,7H2. The molecule has 100 valence electrons. The Labute approximate surface area is 128 Å². The van der Waals surface area contributed by atoms with Gasteiger partial charge in [-0.15, -0.1) is 11.6 Å². The van der Waals surface area contributed by atoms with E-state index in [1.807, 2.05) is 0 Å². The van der Waals surface area contributed by atoms with E-state index in [0.29, 0.717) is 10.6 Å². The van der Waals surface area contributed by atoms with Gasteiger partial charge in [-0.05, 0) is 42.3 Å². The predicted octanol–water partition coefficient (Wildman–Crippen LogP) is 5.90. The molecule has 2 aromatic carbocycles. The van der Waals surface area contributed by atoms with Crippen molar-refractivity contribution in [3.8, 4) is 0 Å². The van der Waals surface area contributed by atoms with Gasteiger partial charge in [0.25, 0.3) is 0 Å². The maximum absolute atomic E-state index is 13.6. The lowest BCUT2D eigenvalue weighted by Gasteiger charge is -2.13. The number of halogens is 5. The number of alkyl halides is 1. The molecule has 0 spiro atoms. The quantitative estimate of drug-likeness (QED) is 0.593. The molecule has 0 amide bonds. The second kappa shape index (κ2) is 6.21. The first-order chi connectivity index (χ1) is 8.99. The normalized spacial score (nSPS) is 12.5. The Balaban J connectivity index is 2.31. The van der Waals surface area contributed by atoms with Gasteiger partial charge in [0.15, 0.2) is 0 Å². The van der Waals surface area contributed by atoms with Gasteiger partial charge in [-0.3, -0.25) is 0 Å². The summed E-state index contributed by atoms with van der Waals surface area (Å²) in [4.78, 5) is 0. The summed E-state index contributed by atoms with van der Waals surface area (Å²) in [5, 5.41) is -0.128. The maximum atomic E-state index is 13.6. The van der Waals surface area contributed by atoms with Gasteiger partial charge >= 0.3 is 0 Å². The summed E-state index contributed by atoms with van der Waals surface area (Å²) in [7, 11) is 0. The largest absolute Gasteiger partial charge is 0.207 e. The smallest absolute Gasteiger partial charge is 0.129 e. The maximum Gasteiger partial charge on any atom is 0.129 e. The van der Waals surface area contributed by atoms with Crippen molar-refractivity contribution in [3.05, 3.63) is 68.7 Å². The Bertz CT molecular complexity index is 582. The molecule has 1 atom stereocenters. The fraction of sp³-hybridized carbons (Fsp3) is 0.143. The second-order valence-electron chi connectivity index (χ2n) is 4.04. The number of hydrogen-bond acceptors (Lipinski definition) is 0. The highest BCUT2D eigenvalue weighted by Crippen LogP contribution is 2.33. The van der Waals surface area contributed by atoms with Crippen molar-refractivity contribution < 1.29 is 8.78 Å². The lowest BCUT2D eigenvalue weighted by molar-refractivity contribution is 0.553. The van der Waals surface area contributed by atoms with Crippen LogP contribution in [-0.4, -0.2) is 0 Å². The first-order valence-corrected chi connectivity index (χ1v) is 7.11. The summed E-state index contributed by atoms with van der Waals surface area (Å²) in [5.74, 6) is -1.20. The van der Waals surface area contributed by atoms with E-state index in [1.165, 1.54) is 18.2 Å². The minimum Gasteiger partial charge on any atom is -0.207 e. The zero-order valence-electron chi connectivity index (χ0n) is 9.64. The fourth-order valence-corrected chi connectivity index (χ4v) is 2.79. The van der Waals surface area contributed by atoms with E-state index >= 15 is 0 Å². The molecule has 19 heavy (non-hydrogen) atoms. The van der Waals surface area contributed by atoms with Crippen LogP contribution < -0.4 is 0 Å². The summed E-state index contributed by atoms with van der Waals surface area (Å²) in [6, 6.07) is 8.96. The summed E-state index contributed by atoms with van der Waals surface area (Å²) < 4.78 is 27.9. The SMILES string of the molecule is Fc1cccc(F)c1CC(Cl)c1cc(Br)ccc1Cl. The molecule has 0 aliphatic rings. The molecule has 0 aromatic heterocycles. The van der Waals surface area contributed by atoms with Crippen LogP contribution in [0.15, 0.2) is 40.9 Å². The van der Waals surface area contributed by atoms with Crippen molar-refractivity contribution >= 4 is 39.1 Å². The zero-order chi connectivity index (χ0) is 14.0. The average Bonchev–Trinajstić information content (AvgIpc) is 2.37. The van der Waals surface area contributed by atoms with Gasteiger partial charge in [0, 0.05) is 15.1 Å². The van der Waals surface area contributed by atoms with Crippen LogP contribution in [-0.2, 0) is 6.42 Å². The van der Waals surface area contributed by atoms with E-state index in [4.69, 9.17) is 23.2 Å². The van der Waals surface area contributed by atoms with Crippen molar-refractivity contribution in [3.63, 3.8) is 0 Å². The van der Waals surface area contributed by atoms with Gasteiger partial charge in [0.2, 0.25) is 0 Å². The molecule has 0 heterocycles. The molecular formula is C14H9BrCl2F2. The van der Waals surface area contributed by atoms with Crippen LogP contribution in [0.25, 0.3) is 0 Å². The molecule has 0 saturated heterocycles. The molecule has 2 rings (SSSR count). The summed E-state index contributed by atoms with van der Waals surface area (Å²) in [6.07, 6.45) is 0.0379. The van der Waals surface area contributed by atoms with Crippen molar-refractivity contribution in [1.29, 1.82) is 0 Å². The van der Waals surface area contributed by atoms with E-state index in [-0.39, 0.29) is 12.0 Å². The number of hydrogen-bond donors (Lipinski definition) is 0. The Morgan fingerprint density at radius 1 is 1.11 bits per heavy atom. The number of benzene rings is 2. The zero-order valence-corrected chi connectivity index (χ0v) is 12.7. The van der Waals surface area contributed by atoms with E-state index in [2.05, 4.69) is 15.9 Å². The van der Waals surface area contributed by atoms with Gasteiger partial charge in [0.1, 0.15) is 11.6 Å². The Kier molecular flexibility index (Phi) is 4.82. The molecule has 0 nitrogen and oxygen atoms in total. The number of rotatable bonds is 3. The van der Waals surface area contributed by atoms with E-state index < -0.39 is 17.0 Å². The van der Waals surface area contributed by atoms with Crippen LogP contribution in [0.4, 0.5) is 8.78 Å². The first kappa shape index (κ1) is 14.8. The highest BCUT2D eigenvalue weighted by Gasteiger charge is 2.17. The molecule has 0 bridgehead atoms. The molecule has 0 N–H and O–H groups in total. The monoisotopic (exact) mass is 364 g/mol. The van der Waals surface area contributed by atoms with E-state index in [9.17, 15) is 8.78 Å². The van der Waals surface area contributed by atoms with Crippen LogP contribution in [0.1, 0.15) is 16.5 Å². The van der Waals surface area contributed by atoms with Crippen molar-refractivity contribution in [2.75, 3.05) is 0 Å². The molecule has 2 aromatic rings. The molecule has 0 aliphatic heterocycles. The van der Waals surface area contributed by atoms with Gasteiger partial charge in [-0.1, -0.05) is 33.6 Å². The van der Waals surface area contributed by atoms with Gasteiger partial charge < -0.3 is 0 Å². The minimum atomic E-state index is -0.601. The van der Waals surface area contributed by atoms with E-state index in [1.54, 1.807) is 18.2 Å². The summed E-state index contributed by atoms with van der Waals surface area (Å²) >= 11 is 15.6. The molecule has 0 radical (unpaired) electrons. The average molecular weight is 366 g/mol. The third-order valence-corrected chi connectivity index (χ3v) is 3.97. The molecule has 0 saturated carbocycles. The summed E-state index contributed by atoms with van der Waals surface area (Å²) in [5.41, 5.74) is 0.610. The predicted molar refractivity (Wildman–Crippen MR) is 77.8 cm³/mol. The van der Waals surface area contributed by atoms with Crippen LogP contribution in [0.2, 0.25) is 5.02 Å². The molecule has 1 unspecified atom stereocenters. The van der Waals surface area contributed by atoms with Crippen LogP contribution >= 0.6 is 39.1 Å². The highest BCUT2D eigenvalue weighted by atomic mass is 79.9. The van der Waals surface area contributed by atoms with E-state index in [0.717, 1.165) is 4.47 Å². The lowest BCUT2D eigenvalue weighted by Crippen LogP contribution is -2.02. The van der Waals surface area contributed by atoms with Crippen molar-refractivity contribution in [1.82, 2.24) is 0 Å². The van der Waals surface area contributed by atoms with Crippen LogP contribution in [0.3, 0.4) is 0 Å². The third-order valence-electron chi connectivity index (χ3n) is 2.74. The highest BCUT2D eigenvalue weighted by molar-refractivity contribution is 9.10. The first-order valence-electron chi connectivity index (χ1n) is 5.51. The molecule has 5 heteroatoms. The molecular weight excluding hydrogens is 357 g/mol. The Morgan fingerprint density at radius 3 is 2.37 bits per heavy atom. The van der Waals surface area contributed by atoms with Crippen molar-refractivity contribution in [2.24, 2.45) is 0 Å². The fourth-order valence-electron chi connectivity index (χ4n) is 1.77.